The summed E-state index contributed by atoms with van der Waals surface area (Å²) in [5.41, 5.74) is 2.56. The van der Waals surface area contributed by atoms with Gasteiger partial charge in [0, 0.05) is 19.2 Å². The molecule has 2 aliphatic heterocycles. The number of nitrogens with one attached hydrogen (secondary N) is 1. The molecule has 3 aliphatic rings. The van der Waals surface area contributed by atoms with Gasteiger partial charge in [0.15, 0.2) is 0 Å². The van der Waals surface area contributed by atoms with Crippen LogP contribution in [0.5, 0.6) is 5.75 Å². The highest BCUT2D eigenvalue weighted by molar-refractivity contribution is 5.40. The highest BCUT2D eigenvalue weighted by atomic mass is 19.1. The number of nitrogens with zero attached hydrogens (tertiary/aromatic N) is 2. The van der Waals surface area contributed by atoms with E-state index in [1.807, 2.05) is 12.1 Å². The van der Waals surface area contributed by atoms with E-state index in [2.05, 4.69) is 28.4 Å². The van der Waals surface area contributed by atoms with Gasteiger partial charge in [0.05, 0.1) is 11.6 Å². The van der Waals surface area contributed by atoms with Crippen molar-refractivity contribution in [3.05, 3.63) is 65.0 Å². The molecule has 2 heterocycles. The molecule has 5 rings (SSSR count). The van der Waals surface area contributed by atoms with Gasteiger partial charge in [-0.1, -0.05) is 24.3 Å². The quantitative estimate of drug-likeness (QED) is 0.911. The van der Waals surface area contributed by atoms with Crippen molar-refractivity contribution in [1.82, 2.24) is 10.2 Å². The van der Waals surface area contributed by atoms with E-state index in [1.165, 1.54) is 23.3 Å². The molecule has 5 heteroatoms. The zero-order valence-electron chi connectivity index (χ0n) is 15.1. The summed E-state index contributed by atoms with van der Waals surface area (Å²) in [4.78, 5) is 2.57. The minimum absolute atomic E-state index is 0.0468. The van der Waals surface area contributed by atoms with Gasteiger partial charge in [-0.2, -0.15) is 5.26 Å². The first-order valence-electron chi connectivity index (χ1n) is 9.62. The summed E-state index contributed by atoms with van der Waals surface area (Å²) in [6, 6.07) is 15.1. The summed E-state index contributed by atoms with van der Waals surface area (Å²) in [5, 5.41) is 12.4. The Morgan fingerprint density at radius 1 is 1.11 bits per heavy atom. The lowest BCUT2D eigenvalue weighted by Gasteiger charge is -2.31. The van der Waals surface area contributed by atoms with Gasteiger partial charge in [-0.25, -0.2) is 4.39 Å². The molecule has 0 saturated carbocycles. The van der Waals surface area contributed by atoms with E-state index in [1.54, 1.807) is 6.07 Å². The zero-order valence-corrected chi connectivity index (χ0v) is 15.1. The van der Waals surface area contributed by atoms with Gasteiger partial charge in [0.25, 0.3) is 0 Å². The van der Waals surface area contributed by atoms with E-state index in [0.29, 0.717) is 5.75 Å². The van der Waals surface area contributed by atoms with E-state index in [-0.39, 0.29) is 17.7 Å². The average molecular weight is 363 g/mol. The van der Waals surface area contributed by atoms with Gasteiger partial charge < -0.3 is 10.1 Å². The summed E-state index contributed by atoms with van der Waals surface area (Å²) in [5.74, 6) is 1.40. The summed E-state index contributed by atoms with van der Waals surface area (Å²) >= 11 is 0. The third-order valence-corrected chi connectivity index (χ3v) is 6.35. The van der Waals surface area contributed by atoms with Crippen molar-refractivity contribution in [2.45, 2.75) is 18.6 Å². The monoisotopic (exact) mass is 363 g/mol. The van der Waals surface area contributed by atoms with E-state index >= 15 is 0 Å². The van der Waals surface area contributed by atoms with Crippen LogP contribution in [-0.2, 0) is 6.42 Å². The topological polar surface area (TPSA) is 48.3 Å². The molecule has 2 aromatic carbocycles. The van der Waals surface area contributed by atoms with Crippen LogP contribution in [-0.4, -0.2) is 37.1 Å². The molecular weight excluding hydrogens is 341 g/mol. The molecule has 2 fully saturated rings. The van der Waals surface area contributed by atoms with Crippen LogP contribution in [0.3, 0.4) is 0 Å². The number of halogens is 1. The van der Waals surface area contributed by atoms with Crippen LogP contribution < -0.4 is 10.1 Å². The number of hydrogen-bond acceptors (Lipinski definition) is 4. The van der Waals surface area contributed by atoms with Gasteiger partial charge in [-0.3, -0.25) is 4.90 Å². The minimum Gasteiger partial charge on any atom is -0.484 e. The molecule has 0 bridgehead atoms. The van der Waals surface area contributed by atoms with Gasteiger partial charge in [0.1, 0.15) is 23.7 Å². The molecule has 138 valence electrons. The number of benzene rings is 2. The van der Waals surface area contributed by atoms with Gasteiger partial charge in [0.2, 0.25) is 0 Å². The maximum absolute atomic E-state index is 14.1. The largest absolute Gasteiger partial charge is 0.484 e. The maximum atomic E-state index is 14.1. The Bertz CT molecular complexity index is 897. The summed E-state index contributed by atoms with van der Waals surface area (Å²) in [6.45, 7) is 4.40. The Morgan fingerprint density at radius 2 is 1.89 bits per heavy atom. The zero-order chi connectivity index (χ0) is 18.4. The third-order valence-electron chi connectivity index (χ3n) is 6.35. The van der Waals surface area contributed by atoms with Crippen LogP contribution in [0.2, 0.25) is 0 Å². The molecular formula is C22H22FN3O. The molecule has 4 nitrogen and oxygen atoms in total. The second-order valence-electron chi connectivity index (χ2n) is 7.89. The molecule has 0 radical (unpaired) electrons. The Kier molecular flexibility index (Phi) is 4.11. The van der Waals surface area contributed by atoms with E-state index < -0.39 is 5.82 Å². The van der Waals surface area contributed by atoms with Crippen molar-refractivity contribution in [1.29, 1.82) is 5.26 Å². The highest BCUT2D eigenvalue weighted by Crippen LogP contribution is 2.41. The molecule has 2 saturated heterocycles. The standard InChI is InChI=1S/C22H22FN3O/c23-20-8-18(6-5-15(20)9-24)27-22-19-4-2-1-3-14(19)7-21(22)26-12-16-10-25-11-17(16)13-26/h1-6,8,16-17,21-22,25H,7,10-13H2/t16-,17+,21-,22-/m1/s1. The predicted octanol–water partition coefficient (Wildman–Crippen LogP) is 2.89. The van der Waals surface area contributed by atoms with Gasteiger partial charge in [-0.05, 0) is 54.6 Å². The van der Waals surface area contributed by atoms with Crippen molar-refractivity contribution in [2.75, 3.05) is 26.2 Å². The van der Waals surface area contributed by atoms with Crippen LogP contribution in [0, 0.1) is 29.0 Å². The normalized spacial score (nSPS) is 29.3. The first kappa shape index (κ1) is 16.7. The Morgan fingerprint density at radius 3 is 2.63 bits per heavy atom. The summed E-state index contributed by atoms with van der Waals surface area (Å²) in [7, 11) is 0. The van der Waals surface area contributed by atoms with E-state index in [9.17, 15) is 4.39 Å². The number of hydrogen-bond donors (Lipinski definition) is 1. The fourth-order valence-corrected chi connectivity index (χ4v) is 4.97. The Balaban J connectivity index is 1.43. The van der Waals surface area contributed by atoms with Crippen LogP contribution in [0.4, 0.5) is 4.39 Å². The van der Waals surface area contributed by atoms with Crippen LogP contribution in [0.25, 0.3) is 0 Å². The van der Waals surface area contributed by atoms with Crippen molar-refractivity contribution >= 4 is 0 Å². The molecule has 2 aromatic rings. The molecule has 27 heavy (non-hydrogen) atoms. The predicted molar refractivity (Wildman–Crippen MR) is 99.8 cm³/mol. The molecule has 0 amide bonds. The average Bonchev–Trinajstić information content (AvgIpc) is 3.35. The molecule has 0 spiro atoms. The number of fused-ring (bicyclic) bond motifs is 2. The highest BCUT2D eigenvalue weighted by Gasteiger charge is 2.44. The van der Waals surface area contributed by atoms with Crippen LogP contribution >= 0.6 is 0 Å². The molecule has 1 aliphatic carbocycles. The van der Waals surface area contributed by atoms with Crippen LogP contribution in [0.15, 0.2) is 42.5 Å². The lowest BCUT2D eigenvalue weighted by molar-refractivity contribution is 0.0887. The van der Waals surface area contributed by atoms with E-state index in [0.717, 1.165) is 44.4 Å². The van der Waals surface area contributed by atoms with Crippen LogP contribution in [0.1, 0.15) is 22.8 Å². The van der Waals surface area contributed by atoms with Gasteiger partial charge >= 0.3 is 0 Å². The molecule has 0 unspecified atom stereocenters. The maximum Gasteiger partial charge on any atom is 0.144 e. The smallest absolute Gasteiger partial charge is 0.144 e. The summed E-state index contributed by atoms with van der Waals surface area (Å²) < 4.78 is 20.4. The first-order valence-corrected chi connectivity index (χ1v) is 9.62. The second-order valence-corrected chi connectivity index (χ2v) is 7.89. The molecule has 0 aromatic heterocycles. The summed E-state index contributed by atoms with van der Waals surface area (Å²) in [6.07, 6.45) is 0.854. The number of rotatable bonds is 3. The Hall–Kier alpha value is -2.42. The SMILES string of the molecule is N#Cc1ccc(O[C@@H]2c3ccccc3C[C@H]2N2C[C@H]3CNC[C@H]3C2)cc1F. The second kappa shape index (κ2) is 6.63. The molecule has 4 atom stereocenters. The van der Waals surface area contributed by atoms with Gasteiger partial charge in [-0.15, -0.1) is 0 Å². The number of nitriles is 1. The lowest BCUT2D eigenvalue weighted by Crippen LogP contribution is -2.40. The Labute approximate surface area is 158 Å². The third kappa shape index (κ3) is 2.90. The molecule has 1 N–H and O–H groups in total. The fourth-order valence-electron chi connectivity index (χ4n) is 4.97. The fraction of sp³-hybridized carbons (Fsp3) is 0.409. The van der Waals surface area contributed by atoms with E-state index in [4.69, 9.17) is 10.00 Å². The number of likely N-dealkylation sites (tertiary alicyclic amines) is 1. The van der Waals surface area contributed by atoms with Crippen molar-refractivity contribution in [3.63, 3.8) is 0 Å². The van der Waals surface area contributed by atoms with Crippen molar-refractivity contribution in [3.8, 4) is 11.8 Å². The van der Waals surface area contributed by atoms with Crippen molar-refractivity contribution in [2.24, 2.45) is 11.8 Å². The minimum atomic E-state index is -0.528. The van der Waals surface area contributed by atoms with Crippen molar-refractivity contribution < 1.29 is 9.13 Å². The lowest BCUT2D eigenvalue weighted by atomic mass is 10.0. The first-order chi connectivity index (χ1) is 13.2. The number of ether oxygens (including phenoxy) is 1.